The fourth-order valence-electron chi connectivity index (χ4n) is 3.32. The molecule has 0 aliphatic carbocycles. The Labute approximate surface area is 174 Å². The molecule has 3 rings (SSSR count). The van der Waals surface area contributed by atoms with E-state index in [0.29, 0.717) is 13.2 Å². The third-order valence-electron chi connectivity index (χ3n) is 5.12. The number of carboxylic acid groups (broad SMARTS) is 1. The SMILES string of the molecule is CN1CCN(C)[C@@H](COC(=O)C(NCc2ccc(C(=O)O)s2)c2ccccc2)C1. The largest absolute Gasteiger partial charge is 0.477 e. The van der Waals surface area contributed by atoms with Gasteiger partial charge in [0.25, 0.3) is 0 Å². The van der Waals surface area contributed by atoms with Crippen LogP contribution in [0.1, 0.15) is 26.2 Å². The van der Waals surface area contributed by atoms with Crippen molar-refractivity contribution in [1.29, 1.82) is 0 Å². The molecule has 2 atom stereocenters. The minimum Gasteiger partial charge on any atom is -0.477 e. The Morgan fingerprint density at radius 1 is 1.21 bits per heavy atom. The molecule has 8 heteroatoms. The number of rotatable bonds is 8. The molecule has 1 fully saturated rings. The number of piperazine rings is 1. The second-order valence-corrected chi connectivity index (χ2v) is 8.49. The maximum absolute atomic E-state index is 12.9. The minimum absolute atomic E-state index is 0.171. The molecule has 0 bridgehead atoms. The molecule has 2 heterocycles. The van der Waals surface area contributed by atoms with Crippen molar-refractivity contribution in [3.05, 3.63) is 57.8 Å². The van der Waals surface area contributed by atoms with E-state index in [0.717, 1.165) is 30.1 Å². The van der Waals surface area contributed by atoms with Crippen molar-refractivity contribution in [2.24, 2.45) is 0 Å². The highest BCUT2D eigenvalue weighted by Crippen LogP contribution is 2.20. The smallest absolute Gasteiger partial charge is 0.345 e. The monoisotopic (exact) mass is 417 g/mol. The van der Waals surface area contributed by atoms with Crippen LogP contribution < -0.4 is 5.32 Å². The number of aromatic carboxylic acids is 1. The summed E-state index contributed by atoms with van der Waals surface area (Å²) in [6.45, 7) is 3.55. The van der Waals surface area contributed by atoms with Crippen LogP contribution >= 0.6 is 11.3 Å². The number of carbonyl (C=O) groups excluding carboxylic acids is 1. The van der Waals surface area contributed by atoms with Gasteiger partial charge in [-0.25, -0.2) is 9.59 Å². The zero-order valence-electron chi connectivity index (χ0n) is 16.7. The van der Waals surface area contributed by atoms with Crippen molar-refractivity contribution in [3.63, 3.8) is 0 Å². The van der Waals surface area contributed by atoms with Crippen molar-refractivity contribution in [3.8, 4) is 0 Å². The van der Waals surface area contributed by atoms with E-state index in [1.54, 1.807) is 12.1 Å². The lowest BCUT2D eigenvalue weighted by atomic mass is 10.1. The molecule has 1 aromatic carbocycles. The molecule has 1 aliphatic heterocycles. The highest BCUT2D eigenvalue weighted by atomic mass is 32.1. The molecule has 156 valence electrons. The molecule has 7 nitrogen and oxygen atoms in total. The van der Waals surface area contributed by atoms with Crippen molar-refractivity contribution >= 4 is 23.3 Å². The molecule has 2 aromatic rings. The lowest BCUT2D eigenvalue weighted by Gasteiger charge is -2.37. The molecule has 2 N–H and O–H groups in total. The summed E-state index contributed by atoms with van der Waals surface area (Å²) < 4.78 is 5.69. The van der Waals surface area contributed by atoms with Gasteiger partial charge in [-0.3, -0.25) is 10.2 Å². The van der Waals surface area contributed by atoms with E-state index in [1.807, 2.05) is 30.3 Å². The summed E-state index contributed by atoms with van der Waals surface area (Å²) in [7, 11) is 4.12. The number of likely N-dealkylation sites (N-methyl/N-ethyl adjacent to an activating group) is 2. The van der Waals surface area contributed by atoms with Crippen LogP contribution in [-0.2, 0) is 16.1 Å². The van der Waals surface area contributed by atoms with Gasteiger partial charge in [-0.2, -0.15) is 0 Å². The second-order valence-electron chi connectivity index (χ2n) is 7.32. The van der Waals surface area contributed by atoms with Crippen LogP contribution in [-0.4, -0.2) is 73.2 Å². The third-order valence-corrected chi connectivity index (χ3v) is 6.19. The van der Waals surface area contributed by atoms with Crippen LogP contribution in [0.3, 0.4) is 0 Å². The highest BCUT2D eigenvalue weighted by Gasteiger charge is 2.27. The molecule has 0 amide bonds. The van der Waals surface area contributed by atoms with Gasteiger partial charge in [-0.1, -0.05) is 30.3 Å². The average Bonchev–Trinajstić information content (AvgIpc) is 3.19. The van der Waals surface area contributed by atoms with Crippen LogP contribution in [0.25, 0.3) is 0 Å². The van der Waals surface area contributed by atoms with Crippen molar-refractivity contribution in [2.45, 2.75) is 18.6 Å². The van der Waals surface area contributed by atoms with Gasteiger partial charge < -0.3 is 14.7 Å². The Kier molecular flexibility index (Phi) is 7.38. The minimum atomic E-state index is -0.943. The molecule has 1 aromatic heterocycles. The number of nitrogens with one attached hydrogen (secondary N) is 1. The number of hydrogen-bond donors (Lipinski definition) is 2. The van der Waals surface area contributed by atoms with E-state index in [-0.39, 0.29) is 16.9 Å². The summed E-state index contributed by atoms with van der Waals surface area (Å²) in [4.78, 5) is 29.6. The number of ether oxygens (including phenoxy) is 1. The molecular formula is C21H27N3O4S. The first-order valence-electron chi connectivity index (χ1n) is 9.60. The predicted octanol–water partition coefficient (Wildman–Crippen LogP) is 2.07. The number of thiophene rings is 1. The van der Waals surface area contributed by atoms with Crippen LogP contribution in [0.2, 0.25) is 0 Å². The topological polar surface area (TPSA) is 82.1 Å². The van der Waals surface area contributed by atoms with Crippen LogP contribution in [0.4, 0.5) is 0 Å². The van der Waals surface area contributed by atoms with Crippen molar-refractivity contribution in [2.75, 3.05) is 40.3 Å². The number of nitrogens with zero attached hydrogens (tertiary/aromatic N) is 2. The summed E-state index contributed by atoms with van der Waals surface area (Å²) in [5, 5.41) is 12.3. The number of carboxylic acids is 1. The first-order chi connectivity index (χ1) is 13.9. The number of benzene rings is 1. The number of hydrogen-bond acceptors (Lipinski definition) is 7. The molecule has 0 saturated carbocycles. The highest BCUT2D eigenvalue weighted by molar-refractivity contribution is 7.13. The Morgan fingerprint density at radius 2 is 1.97 bits per heavy atom. The normalized spacial score (nSPS) is 19.0. The molecule has 29 heavy (non-hydrogen) atoms. The van der Waals surface area contributed by atoms with Gasteiger partial charge in [0.1, 0.15) is 17.5 Å². The zero-order chi connectivity index (χ0) is 20.8. The van der Waals surface area contributed by atoms with E-state index < -0.39 is 12.0 Å². The molecular weight excluding hydrogens is 390 g/mol. The second kappa shape index (κ2) is 9.98. The number of esters is 1. The molecule has 1 unspecified atom stereocenters. The Hall–Kier alpha value is -2.26. The quantitative estimate of drug-likeness (QED) is 0.636. The molecule has 0 radical (unpaired) electrons. The van der Waals surface area contributed by atoms with Crippen LogP contribution in [0.5, 0.6) is 0 Å². The lowest BCUT2D eigenvalue weighted by molar-refractivity contribution is -0.148. The first-order valence-corrected chi connectivity index (χ1v) is 10.4. The number of carbonyl (C=O) groups is 2. The predicted molar refractivity (Wildman–Crippen MR) is 112 cm³/mol. The molecule has 1 saturated heterocycles. The third kappa shape index (κ3) is 5.86. The van der Waals surface area contributed by atoms with Crippen LogP contribution in [0, 0.1) is 0 Å². The van der Waals surface area contributed by atoms with E-state index in [2.05, 4.69) is 29.2 Å². The lowest BCUT2D eigenvalue weighted by Crippen LogP contribution is -2.52. The van der Waals surface area contributed by atoms with Crippen molar-refractivity contribution in [1.82, 2.24) is 15.1 Å². The van der Waals surface area contributed by atoms with Gasteiger partial charge in [0.15, 0.2) is 0 Å². The van der Waals surface area contributed by atoms with Crippen LogP contribution in [0.15, 0.2) is 42.5 Å². The molecule has 1 aliphatic rings. The summed E-state index contributed by atoms with van der Waals surface area (Å²) in [5.74, 6) is -1.27. The average molecular weight is 418 g/mol. The Bertz CT molecular complexity index is 826. The van der Waals surface area contributed by atoms with Gasteiger partial charge >= 0.3 is 11.9 Å². The summed E-state index contributed by atoms with van der Waals surface area (Å²) in [6.07, 6.45) is 0. The van der Waals surface area contributed by atoms with Gasteiger partial charge in [-0.05, 0) is 31.8 Å². The van der Waals surface area contributed by atoms with E-state index in [1.165, 1.54) is 11.3 Å². The maximum Gasteiger partial charge on any atom is 0.345 e. The van der Waals surface area contributed by atoms with E-state index in [4.69, 9.17) is 9.84 Å². The van der Waals surface area contributed by atoms with E-state index in [9.17, 15) is 9.59 Å². The van der Waals surface area contributed by atoms with Gasteiger partial charge in [0, 0.05) is 31.1 Å². The maximum atomic E-state index is 12.9. The van der Waals surface area contributed by atoms with Gasteiger partial charge in [0.2, 0.25) is 0 Å². The summed E-state index contributed by atoms with van der Waals surface area (Å²) in [5.41, 5.74) is 0.821. The Morgan fingerprint density at radius 3 is 2.66 bits per heavy atom. The fourth-order valence-corrected chi connectivity index (χ4v) is 4.11. The Balaban J connectivity index is 1.64. The van der Waals surface area contributed by atoms with Gasteiger partial charge in [0.05, 0.1) is 6.04 Å². The summed E-state index contributed by atoms with van der Waals surface area (Å²) in [6, 6.07) is 12.3. The molecule has 0 spiro atoms. The standard InChI is InChI=1S/C21H27N3O4S/c1-23-10-11-24(2)16(13-23)14-28-21(27)19(15-6-4-3-5-7-15)22-12-17-8-9-18(29-17)20(25)26/h3-9,16,19,22H,10-14H2,1-2H3,(H,25,26)/t16-,19?/m1/s1. The zero-order valence-corrected chi connectivity index (χ0v) is 17.5. The van der Waals surface area contributed by atoms with Crippen molar-refractivity contribution < 1.29 is 19.4 Å². The van der Waals surface area contributed by atoms with E-state index >= 15 is 0 Å². The fraction of sp³-hybridized carbons (Fsp3) is 0.429. The van der Waals surface area contributed by atoms with Gasteiger partial charge in [-0.15, -0.1) is 11.3 Å². The first kappa shape index (κ1) is 21.4. The summed E-state index contributed by atoms with van der Waals surface area (Å²) >= 11 is 1.20.